The number of para-hydroxylation sites is 2. The molecule has 1 aliphatic heterocycles. The molecule has 0 aromatic heterocycles. The second-order valence-electron chi connectivity index (χ2n) is 6.22. The Morgan fingerprint density at radius 1 is 0.857 bits per heavy atom. The summed E-state index contributed by atoms with van der Waals surface area (Å²) in [4.78, 5) is 28.5. The Kier molecular flexibility index (Phi) is 5.01. The van der Waals surface area contributed by atoms with Gasteiger partial charge in [0.2, 0.25) is 5.91 Å². The number of fused-ring (bicyclic) bond motifs is 2. The fourth-order valence-electron chi connectivity index (χ4n) is 3.08. The van der Waals surface area contributed by atoms with Crippen LogP contribution < -0.4 is 21.5 Å². The minimum absolute atomic E-state index is 0.146. The number of nitrogens with zero attached hydrogens (tertiary/aromatic N) is 1. The summed E-state index contributed by atoms with van der Waals surface area (Å²) in [6, 6.07) is 22.7. The average Bonchev–Trinajstić information content (AvgIpc) is 2.73. The first-order valence-corrected chi connectivity index (χ1v) is 9.51. The lowest BCUT2D eigenvalue weighted by atomic mass is 10.2. The van der Waals surface area contributed by atoms with Crippen molar-refractivity contribution in [1.82, 2.24) is 5.43 Å². The van der Waals surface area contributed by atoms with E-state index in [4.69, 9.17) is 5.84 Å². The highest BCUT2D eigenvalue weighted by atomic mass is 32.2. The molecule has 0 atom stereocenters. The second kappa shape index (κ2) is 7.75. The van der Waals surface area contributed by atoms with Crippen LogP contribution in [0.3, 0.4) is 0 Å². The van der Waals surface area contributed by atoms with Crippen molar-refractivity contribution >= 4 is 40.6 Å². The summed E-state index contributed by atoms with van der Waals surface area (Å²) in [7, 11) is 0. The van der Waals surface area contributed by atoms with Crippen molar-refractivity contribution in [2.75, 3.05) is 16.8 Å². The van der Waals surface area contributed by atoms with Crippen molar-refractivity contribution in [1.29, 1.82) is 0 Å². The highest BCUT2D eigenvalue weighted by Gasteiger charge is 2.24. The lowest BCUT2D eigenvalue weighted by molar-refractivity contribution is -0.114. The van der Waals surface area contributed by atoms with E-state index in [-0.39, 0.29) is 18.4 Å². The normalized spacial score (nSPS) is 12.0. The standard InChI is InChI=1S/C21H18N4O2S/c22-24-21(27)14-9-11-15(12-10-14)23-20(26)13-25-16-5-1-3-7-18(16)28-19-8-4-2-6-17(19)25/h1-12H,13,22H2,(H,23,26)(H,24,27). The average molecular weight is 390 g/mol. The van der Waals surface area contributed by atoms with Gasteiger partial charge in [-0.3, -0.25) is 15.0 Å². The van der Waals surface area contributed by atoms with E-state index in [9.17, 15) is 9.59 Å². The first-order chi connectivity index (χ1) is 13.7. The van der Waals surface area contributed by atoms with Gasteiger partial charge in [0.15, 0.2) is 0 Å². The number of hydrogen-bond donors (Lipinski definition) is 3. The number of rotatable bonds is 4. The van der Waals surface area contributed by atoms with Crippen LogP contribution in [0, 0.1) is 0 Å². The molecule has 0 unspecified atom stereocenters. The number of carbonyl (C=O) groups is 2. The molecule has 0 aliphatic carbocycles. The van der Waals surface area contributed by atoms with Gasteiger partial charge in [-0.2, -0.15) is 0 Å². The largest absolute Gasteiger partial charge is 0.330 e. The molecule has 0 saturated heterocycles. The summed E-state index contributed by atoms with van der Waals surface area (Å²) in [6.07, 6.45) is 0. The molecule has 6 nitrogen and oxygen atoms in total. The Hall–Kier alpha value is -3.29. The van der Waals surface area contributed by atoms with Crippen molar-refractivity contribution in [3.63, 3.8) is 0 Å². The van der Waals surface area contributed by atoms with Gasteiger partial charge in [0.1, 0.15) is 6.54 Å². The van der Waals surface area contributed by atoms with Crippen LogP contribution in [0.4, 0.5) is 17.1 Å². The monoisotopic (exact) mass is 390 g/mol. The van der Waals surface area contributed by atoms with Gasteiger partial charge in [-0.15, -0.1) is 0 Å². The molecule has 1 heterocycles. The van der Waals surface area contributed by atoms with Crippen molar-refractivity contribution in [3.8, 4) is 0 Å². The van der Waals surface area contributed by atoms with E-state index < -0.39 is 0 Å². The summed E-state index contributed by atoms with van der Waals surface area (Å²) in [6.45, 7) is 0.180. The lowest BCUT2D eigenvalue weighted by Crippen LogP contribution is -2.31. The van der Waals surface area contributed by atoms with Crippen molar-refractivity contribution in [2.45, 2.75) is 9.79 Å². The maximum atomic E-state index is 12.7. The summed E-state index contributed by atoms with van der Waals surface area (Å²) in [5, 5.41) is 2.88. The molecule has 1 aliphatic rings. The number of nitrogens with one attached hydrogen (secondary N) is 2. The molecule has 7 heteroatoms. The Morgan fingerprint density at radius 3 is 2.00 bits per heavy atom. The van der Waals surface area contributed by atoms with Crippen LogP contribution in [0.5, 0.6) is 0 Å². The van der Waals surface area contributed by atoms with Crippen LogP contribution in [-0.4, -0.2) is 18.4 Å². The van der Waals surface area contributed by atoms with Gasteiger partial charge in [-0.05, 0) is 48.5 Å². The first kappa shape index (κ1) is 18.1. The molecular weight excluding hydrogens is 372 g/mol. The van der Waals surface area contributed by atoms with E-state index in [1.807, 2.05) is 41.3 Å². The van der Waals surface area contributed by atoms with Gasteiger partial charge in [0, 0.05) is 21.0 Å². The maximum absolute atomic E-state index is 12.7. The number of hydrazine groups is 1. The van der Waals surface area contributed by atoms with E-state index in [1.165, 1.54) is 0 Å². The van der Waals surface area contributed by atoms with Gasteiger partial charge >= 0.3 is 0 Å². The predicted octanol–water partition coefficient (Wildman–Crippen LogP) is 3.53. The third-order valence-corrected chi connectivity index (χ3v) is 5.53. The van der Waals surface area contributed by atoms with Gasteiger partial charge in [-0.25, -0.2) is 5.84 Å². The lowest BCUT2D eigenvalue weighted by Gasteiger charge is -2.32. The minimum Gasteiger partial charge on any atom is -0.330 e. The molecule has 0 radical (unpaired) electrons. The summed E-state index contributed by atoms with van der Waals surface area (Å²) in [5.41, 5.74) is 5.14. The Balaban J connectivity index is 1.54. The molecular formula is C21H18N4O2S. The highest BCUT2D eigenvalue weighted by molar-refractivity contribution is 7.99. The molecule has 0 fully saturated rings. The quantitative estimate of drug-likeness (QED) is 0.360. The predicted molar refractivity (Wildman–Crippen MR) is 111 cm³/mol. The molecule has 3 aromatic rings. The highest BCUT2D eigenvalue weighted by Crippen LogP contribution is 2.47. The Morgan fingerprint density at radius 2 is 1.43 bits per heavy atom. The number of anilines is 3. The third kappa shape index (κ3) is 3.58. The third-order valence-electron chi connectivity index (χ3n) is 4.40. The van der Waals surface area contributed by atoms with E-state index >= 15 is 0 Å². The van der Waals surface area contributed by atoms with Crippen LogP contribution in [0.15, 0.2) is 82.6 Å². The number of nitrogen functional groups attached to an aromatic ring is 1. The van der Waals surface area contributed by atoms with Gasteiger partial charge in [0.05, 0.1) is 11.4 Å². The van der Waals surface area contributed by atoms with Crippen LogP contribution in [0.25, 0.3) is 0 Å². The van der Waals surface area contributed by atoms with Crippen LogP contribution in [-0.2, 0) is 4.79 Å². The number of carbonyl (C=O) groups excluding carboxylic acids is 2. The van der Waals surface area contributed by atoms with Crippen LogP contribution in [0.2, 0.25) is 0 Å². The number of amides is 2. The molecule has 0 bridgehead atoms. The van der Waals surface area contributed by atoms with Crippen LogP contribution in [0.1, 0.15) is 10.4 Å². The zero-order chi connectivity index (χ0) is 19.5. The SMILES string of the molecule is NNC(=O)c1ccc(NC(=O)CN2c3ccccc3Sc3ccccc32)cc1. The zero-order valence-corrected chi connectivity index (χ0v) is 15.7. The topological polar surface area (TPSA) is 87.5 Å². The Bertz CT molecular complexity index is 991. The van der Waals surface area contributed by atoms with E-state index in [0.717, 1.165) is 21.2 Å². The molecule has 3 aromatic carbocycles. The van der Waals surface area contributed by atoms with Gasteiger partial charge in [0.25, 0.3) is 5.91 Å². The summed E-state index contributed by atoms with van der Waals surface area (Å²) >= 11 is 1.70. The van der Waals surface area contributed by atoms with E-state index in [2.05, 4.69) is 22.9 Å². The summed E-state index contributed by atoms with van der Waals surface area (Å²) in [5.74, 6) is 4.60. The fourth-order valence-corrected chi connectivity index (χ4v) is 4.18. The maximum Gasteiger partial charge on any atom is 0.265 e. The van der Waals surface area contributed by atoms with Gasteiger partial charge in [-0.1, -0.05) is 36.0 Å². The smallest absolute Gasteiger partial charge is 0.265 e. The molecule has 4 rings (SSSR count). The van der Waals surface area contributed by atoms with Crippen LogP contribution >= 0.6 is 11.8 Å². The van der Waals surface area contributed by atoms with Crippen molar-refractivity contribution in [3.05, 3.63) is 78.4 Å². The van der Waals surface area contributed by atoms with E-state index in [1.54, 1.807) is 36.0 Å². The zero-order valence-electron chi connectivity index (χ0n) is 14.9. The van der Waals surface area contributed by atoms with Crippen molar-refractivity contribution in [2.24, 2.45) is 5.84 Å². The molecule has 140 valence electrons. The molecule has 28 heavy (non-hydrogen) atoms. The molecule has 0 spiro atoms. The van der Waals surface area contributed by atoms with E-state index in [0.29, 0.717) is 11.3 Å². The molecule has 2 amide bonds. The van der Waals surface area contributed by atoms with Crippen molar-refractivity contribution < 1.29 is 9.59 Å². The Labute approximate surface area is 166 Å². The minimum atomic E-state index is -0.378. The number of nitrogens with two attached hydrogens (primary N) is 1. The fraction of sp³-hybridized carbons (Fsp3) is 0.0476. The second-order valence-corrected chi connectivity index (χ2v) is 7.31. The molecule has 0 saturated carbocycles. The number of benzene rings is 3. The van der Waals surface area contributed by atoms with Gasteiger partial charge < -0.3 is 10.2 Å². The first-order valence-electron chi connectivity index (χ1n) is 8.70. The number of hydrogen-bond acceptors (Lipinski definition) is 5. The summed E-state index contributed by atoms with van der Waals surface area (Å²) < 4.78 is 0. The molecule has 4 N–H and O–H groups in total.